The Balaban J connectivity index is 0.00000300. The molecule has 0 atom stereocenters. The van der Waals surface area contributed by atoms with Crippen LogP contribution >= 0.6 is 0 Å². The second kappa shape index (κ2) is 10.4. The van der Waals surface area contributed by atoms with Crippen molar-refractivity contribution in [1.82, 2.24) is 0 Å². The summed E-state index contributed by atoms with van der Waals surface area (Å²) in [5, 5.41) is 20.4. The second-order valence-corrected chi connectivity index (χ2v) is 5.80. The number of methoxy groups -OCH3 is 2. The van der Waals surface area contributed by atoms with Crippen LogP contribution in [0.5, 0.6) is 23.0 Å². The maximum Gasteiger partial charge on any atom is 0.166 e. The molecule has 0 saturated carbocycles. The van der Waals surface area contributed by atoms with Crippen LogP contribution in [0.2, 0.25) is 0 Å². The molecule has 3 rings (SSSR count). The van der Waals surface area contributed by atoms with Gasteiger partial charge in [0, 0.05) is 44.6 Å². The van der Waals surface area contributed by atoms with E-state index in [1.807, 2.05) is 24.3 Å². The zero-order chi connectivity index (χ0) is 19.9. The summed E-state index contributed by atoms with van der Waals surface area (Å²) < 4.78 is 10.2. The topological polar surface area (TPSA) is 83.6 Å². The fraction of sp³-hybridized carbons (Fsp3) is 0.0909. The van der Waals surface area contributed by atoms with Crippen LogP contribution in [0.15, 0.2) is 70.6 Å². The van der Waals surface area contributed by atoms with Crippen molar-refractivity contribution in [1.29, 1.82) is 0 Å². The van der Waals surface area contributed by atoms with E-state index in [9.17, 15) is 10.2 Å². The van der Waals surface area contributed by atoms with Gasteiger partial charge in [-0.05, 0) is 36.4 Å². The molecule has 152 valence electrons. The number of aliphatic imine (C=N–C) groups is 2. The predicted molar refractivity (Wildman–Crippen MR) is 110 cm³/mol. The number of hydrogen-bond donors (Lipinski definition) is 2. The third-order valence-electron chi connectivity index (χ3n) is 4.07. The van der Waals surface area contributed by atoms with E-state index in [2.05, 4.69) is 9.98 Å². The Hall–Kier alpha value is -3.11. The minimum atomic E-state index is 0. The van der Waals surface area contributed by atoms with Crippen LogP contribution in [0.4, 0.5) is 11.4 Å². The molecule has 3 aromatic carbocycles. The summed E-state index contributed by atoms with van der Waals surface area (Å²) in [5.41, 5.74) is 2.29. The Morgan fingerprint density at radius 2 is 1.07 bits per heavy atom. The number of hydrogen-bond acceptors (Lipinski definition) is 6. The largest absolute Gasteiger partial charge is 0.504 e. The molecule has 0 spiro atoms. The van der Waals surface area contributed by atoms with Crippen molar-refractivity contribution in [2.75, 3.05) is 14.2 Å². The van der Waals surface area contributed by atoms with Gasteiger partial charge >= 0.3 is 0 Å². The van der Waals surface area contributed by atoms with Gasteiger partial charge in [0.25, 0.3) is 0 Å². The minimum absolute atomic E-state index is 0. The first-order valence-electron chi connectivity index (χ1n) is 8.53. The van der Waals surface area contributed by atoms with E-state index in [1.54, 1.807) is 48.8 Å². The number of ether oxygens (including phenoxy) is 2. The molecule has 2 N–H and O–H groups in total. The second-order valence-electron chi connectivity index (χ2n) is 5.80. The molecule has 0 aliphatic rings. The van der Waals surface area contributed by atoms with Crippen molar-refractivity contribution in [2.45, 2.75) is 0 Å². The van der Waals surface area contributed by atoms with E-state index in [4.69, 9.17) is 9.47 Å². The SMILES string of the molecule is COc1cccc(C=Nc2ccccc2N=Cc2cccc(OC)c2O)c1O.[Pt]. The number of para-hydroxylation sites is 4. The van der Waals surface area contributed by atoms with E-state index in [-0.39, 0.29) is 32.6 Å². The Labute approximate surface area is 183 Å². The van der Waals surface area contributed by atoms with Gasteiger partial charge in [0.1, 0.15) is 0 Å². The summed E-state index contributed by atoms with van der Waals surface area (Å²) in [7, 11) is 2.99. The predicted octanol–water partition coefficient (Wildman–Crippen LogP) is 4.61. The molecule has 0 aromatic heterocycles. The zero-order valence-corrected chi connectivity index (χ0v) is 18.1. The third-order valence-corrected chi connectivity index (χ3v) is 4.07. The minimum Gasteiger partial charge on any atom is -0.504 e. The molecule has 3 aromatic rings. The molecular formula is C22H20N2O4Pt. The molecule has 0 unspecified atom stereocenters. The first-order chi connectivity index (χ1) is 13.6. The van der Waals surface area contributed by atoms with Crippen LogP contribution in [0.1, 0.15) is 11.1 Å². The van der Waals surface area contributed by atoms with Crippen molar-refractivity contribution < 1.29 is 40.8 Å². The quantitative estimate of drug-likeness (QED) is 0.424. The Morgan fingerprint density at radius 1 is 0.655 bits per heavy atom. The Morgan fingerprint density at radius 3 is 1.45 bits per heavy atom. The first-order valence-corrected chi connectivity index (χ1v) is 8.53. The first kappa shape index (κ1) is 22.2. The molecule has 7 heteroatoms. The summed E-state index contributed by atoms with van der Waals surface area (Å²) in [5.74, 6) is 0.805. The van der Waals surface area contributed by atoms with Crippen LogP contribution < -0.4 is 9.47 Å². The normalized spacial score (nSPS) is 10.8. The van der Waals surface area contributed by atoms with E-state index < -0.39 is 0 Å². The monoisotopic (exact) mass is 571 g/mol. The van der Waals surface area contributed by atoms with Gasteiger partial charge in [0.05, 0.1) is 25.6 Å². The molecule has 0 bridgehead atoms. The van der Waals surface area contributed by atoms with Crippen molar-refractivity contribution in [2.24, 2.45) is 9.98 Å². The summed E-state index contributed by atoms with van der Waals surface area (Å²) >= 11 is 0. The fourth-order valence-electron chi connectivity index (χ4n) is 2.58. The number of rotatable bonds is 6. The molecular weight excluding hydrogens is 551 g/mol. The van der Waals surface area contributed by atoms with Crippen LogP contribution in [0.3, 0.4) is 0 Å². The van der Waals surface area contributed by atoms with Gasteiger partial charge in [0.15, 0.2) is 23.0 Å². The van der Waals surface area contributed by atoms with E-state index in [0.717, 1.165) is 0 Å². The number of phenols is 2. The molecule has 29 heavy (non-hydrogen) atoms. The summed E-state index contributed by atoms with van der Waals surface area (Å²) in [6, 6.07) is 17.7. The number of phenolic OH excluding ortho intramolecular Hbond substituents is 2. The van der Waals surface area contributed by atoms with Gasteiger partial charge in [-0.1, -0.05) is 24.3 Å². The van der Waals surface area contributed by atoms with E-state index in [0.29, 0.717) is 34.0 Å². The summed E-state index contributed by atoms with van der Waals surface area (Å²) in [4.78, 5) is 8.88. The van der Waals surface area contributed by atoms with Crippen molar-refractivity contribution >= 4 is 23.8 Å². The van der Waals surface area contributed by atoms with Crippen LogP contribution in [-0.2, 0) is 21.1 Å². The molecule has 6 nitrogen and oxygen atoms in total. The van der Waals surface area contributed by atoms with E-state index >= 15 is 0 Å². The maximum atomic E-state index is 10.2. The molecule has 0 aliphatic heterocycles. The van der Waals surface area contributed by atoms with E-state index in [1.165, 1.54) is 14.2 Å². The van der Waals surface area contributed by atoms with Crippen LogP contribution in [-0.4, -0.2) is 36.9 Å². The van der Waals surface area contributed by atoms with Gasteiger partial charge in [-0.15, -0.1) is 0 Å². The molecule has 0 saturated heterocycles. The zero-order valence-electron chi connectivity index (χ0n) is 15.8. The average Bonchev–Trinajstić information content (AvgIpc) is 2.73. The van der Waals surface area contributed by atoms with Crippen LogP contribution in [0.25, 0.3) is 0 Å². The fourth-order valence-corrected chi connectivity index (χ4v) is 2.58. The van der Waals surface area contributed by atoms with Gasteiger partial charge in [0.2, 0.25) is 0 Å². The van der Waals surface area contributed by atoms with Gasteiger partial charge in [-0.3, -0.25) is 9.98 Å². The molecule has 0 fully saturated rings. The summed E-state index contributed by atoms with van der Waals surface area (Å²) in [6.07, 6.45) is 3.10. The van der Waals surface area contributed by atoms with Crippen molar-refractivity contribution in [3.05, 3.63) is 71.8 Å². The van der Waals surface area contributed by atoms with Crippen molar-refractivity contribution in [3.63, 3.8) is 0 Å². The summed E-state index contributed by atoms with van der Waals surface area (Å²) in [6.45, 7) is 0. The maximum absolute atomic E-state index is 10.2. The Bertz CT molecular complexity index is 953. The van der Waals surface area contributed by atoms with Crippen molar-refractivity contribution in [3.8, 4) is 23.0 Å². The van der Waals surface area contributed by atoms with Gasteiger partial charge in [-0.25, -0.2) is 0 Å². The standard InChI is InChI=1S/C22H20N2O4.Pt/c1-27-19-11-5-7-15(21(19)25)13-23-17-9-3-4-10-18(17)24-14-16-8-6-12-20(28-2)22(16)26;/h3-14,25-26H,1-2H3;. The van der Waals surface area contributed by atoms with Crippen LogP contribution in [0, 0.1) is 0 Å². The Kier molecular flexibility index (Phi) is 7.98. The smallest absolute Gasteiger partial charge is 0.166 e. The average molecular weight is 571 g/mol. The molecule has 0 heterocycles. The number of aromatic hydroxyl groups is 2. The molecule has 0 amide bonds. The van der Waals surface area contributed by atoms with Gasteiger partial charge in [-0.2, -0.15) is 0 Å². The number of nitrogens with zero attached hydrogens (tertiary/aromatic N) is 2. The third kappa shape index (κ3) is 5.24. The number of benzene rings is 3. The van der Waals surface area contributed by atoms with Gasteiger partial charge < -0.3 is 19.7 Å². The molecule has 0 aliphatic carbocycles. The molecule has 0 radical (unpaired) electrons.